The smallest absolute Gasteiger partial charge is 0.187 e. The van der Waals surface area contributed by atoms with Crippen LogP contribution in [0.25, 0.3) is 0 Å². The number of alkyl halides is 1. The van der Waals surface area contributed by atoms with E-state index >= 15 is 0 Å². The van der Waals surface area contributed by atoms with Gasteiger partial charge in [0.05, 0.1) is 0 Å². The molecule has 0 spiro atoms. The summed E-state index contributed by atoms with van der Waals surface area (Å²) in [4.78, 5) is 0. The van der Waals surface area contributed by atoms with E-state index in [1.165, 1.54) is 0 Å². The predicted molar refractivity (Wildman–Crippen MR) is 28.8 cm³/mol. The van der Waals surface area contributed by atoms with Crippen LogP contribution in [-0.2, 0) is 10.4 Å². The Morgan fingerprint density at radius 1 is 1.62 bits per heavy atom. The highest BCUT2D eigenvalue weighted by molar-refractivity contribution is 7.84. The molecule has 0 rings (SSSR count). The second-order valence-corrected chi connectivity index (χ2v) is 2.56. The molecule has 0 aromatic rings. The van der Waals surface area contributed by atoms with E-state index in [0.29, 0.717) is 0 Å². The first-order chi connectivity index (χ1) is 3.56. The maximum atomic E-state index is 11.4. The molecule has 3 nitrogen and oxygen atoms in total. The summed E-state index contributed by atoms with van der Waals surface area (Å²) < 4.78 is 32.0. The van der Waals surface area contributed by atoms with Crippen molar-refractivity contribution < 1.29 is 12.3 Å². The number of hydrogen-bond donors (Lipinski definition) is 1. The fourth-order valence-corrected chi connectivity index (χ4v) is 0.713. The zero-order valence-electron chi connectivity index (χ0n) is 3.89. The quantitative estimate of drug-likeness (QED) is 0.469. The third-order valence-electron chi connectivity index (χ3n) is 0.369. The zero-order valence-corrected chi connectivity index (χ0v) is 5.47. The lowest BCUT2D eigenvalue weighted by atomic mass is 10.8. The Hall–Kier alpha value is 0.130. The van der Waals surface area contributed by atoms with Gasteiger partial charge in [-0.1, -0.05) is 3.89 Å². The van der Waals surface area contributed by atoms with Crippen LogP contribution in [0.15, 0.2) is 0 Å². The Morgan fingerprint density at radius 2 is 2.12 bits per heavy atom. The van der Waals surface area contributed by atoms with E-state index in [2.05, 4.69) is 0 Å². The fourth-order valence-electron chi connectivity index (χ4n) is 0.160. The van der Waals surface area contributed by atoms with Gasteiger partial charge >= 0.3 is 10.4 Å². The summed E-state index contributed by atoms with van der Waals surface area (Å²) in [5, 5.41) is 0. The Morgan fingerprint density at radius 3 is 2.25 bits per heavy atom. The largest absolute Gasteiger partial charge is 0.372 e. The molecule has 0 bridgehead atoms. The summed E-state index contributed by atoms with van der Waals surface area (Å²) in [5.41, 5.74) is 0. The van der Waals surface area contributed by atoms with E-state index in [4.69, 9.17) is 11.6 Å². The van der Waals surface area contributed by atoms with Gasteiger partial charge in [-0.3, -0.25) is 0 Å². The second kappa shape index (κ2) is 3.21. The standard InChI is InChI=1S/C2H5ClFNO2S/c3-1-2-5-8(4,6)7/h5H,1-2H2. The van der Waals surface area contributed by atoms with Crippen molar-refractivity contribution in [2.45, 2.75) is 0 Å². The van der Waals surface area contributed by atoms with Crippen LogP contribution >= 0.6 is 11.6 Å². The molecule has 6 heteroatoms. The predicted octanol–water partition coefficient (Wildman–Crippen LogP) is 0.0291. The van der Waals surface area contributed by atoms with Crippen LogP contribution in [0.5, 0.6) is 0 Å². The number of halogens is 2. The maximum absolute atomic E-state index is 11.4. The van der Waals surface area contributed by atoms with Crippen molar-refractivity contribution in [2.75, 3.05) is 12.4 Å². The normalized spacial score (nSPS) is 11.8. The van der Waals surface area contributed by atoms with Crippen molar-refractivity contribution in [2.24, 2.45) is 0 Å². The number of nitrogens with one attached hydrogen (secondary N) is 1. The van der Waals surface area contributed by atoms with Crippen LogP contribution in [0.1, 0.15) is 0 Å². The van der Waals surface area contributed by atoms with Crippen LogP contribution in [-0.4, -0.2) is 20.8 Å². The van der Waals surface area contributed by atoms with Gasteiger partial charge in [-0.15, -0.1) is 11.6 Å². The highest BCUT2D eigenvalue weighted by Gasteiger charge is 2.01. The molecule has 0 radical (unpaired) electrons. The van der Waals surface area contributed by atoms with Gasteiger partial charge in [0, 0.05) is 12.4 Å². The van der Waals surface area contributed by atoms with Crippen molar-refractivity contribution >= 4 is 22.0 Å². The number of rotatable bonds is 3. The molecule has 0 aliphatic rings. The maximum Gasteiger partial charge on any atom is 0.372 e. The van der Waals surface area contributed by atoms with Crippen LogP contribution in [0.3, 0.4) is 0 Å². The van der Waals surface area contributed by atoms with Gasteiger partial charge in [0.2, 0.25) is 0 Å². The van der Waals surface area contributed by atoms with E-state index in [1.807, 2.05) is 0 Å². The molecule has 8 heavy (non-hydrogen) atoms. The van der Waals surface area contributed by atoms with Gasteiger partial charge in [-0.2, -0.15) is 13.1 Å². The third-order valence-corrected chi connectivity index (χ3v) is 1.11. The minimum absolute atomic E-state index is 0.0691. The molecule has 0 saturated carbocycles. The molecular weight excluding hydrogens is 157 g/mol. The molecule has 0 heterocycles. The first-order valence-electron chi connectivity index (χ1n) is 1.81. The zero-order chi connectivity index (χ0) is 6.62. The van der Waals surface area contributed by atoms with Gasteiger partial charge in [-0.05, 0) is 0 Å². The minimum Gasteiger partial charge on any atom is -0.187 e. The van der Waals surface area contributed by atoms with Crippen LogP contribution in [0, 0.1) is 0 Å². The highest BCUT2D eigenvalue weighted by Crippen LogP contribution is 1.81. The second-order valence-electron chi connectivity index (χ2n) is 1.02. The first kappa shape index (κ1) is 8.13. The lowest BCUT2D eigenvalue weighted by Gasteiger charge is -1.90. The third kappa shape index (κ3) is 6.13. The Kier molecular flexibility index (Phi) is 3.27. The van der Waals surface area contributed by atoms with Gasteiger partial charge in [0.15, 0.2) is 0 Å². The summed E-state index contributed by atoms with van der Waals surface area (Å²) >= 11 is 5.01. The minimum atomic E-state index is -4.52. The summed E-state index contributed by atoms with van der Waals surface area (Å²) in [6.45, 7) is -0.0691. The monoisotopic (exact) mass is 161 g/mol. The van der Waals surface area contributed by atoms with Crippen molar-refractivity contribution in [1.29, 1.82) is 0 Å². The van der Waals surface area contributed by atoms with E-state index < -0.39 is 10.4 Å². The van der Waals surface area contributed by atoms with E-state index in [-0.39, 0.29) is 12.4 Å². The van der Waals surface area contributed by atoms with Gasteiger partial charge in [-0.25, -0.2) is 0 Å². The summed E-state index contributed by atoms with van der Waals surface area (Å²) in [5.74, 6) is 0.0726. The van der Waals surface area contributed by atoms with E-state index in [1.54, 1.807) is 4.72 Å². The average molecular weight is 162 g/mol. The van der Waals surface area contributed by atoms with E-state index in [0.717, 1.165) is 0 Å². The van der Waals surface area contributed by atoms with Crippen molar-refractivity contribution in [1.82, 2.24) is 4.72 Å². The SMILES string of the molecule is O=S(=O)(F)NCCCl. The lowest BCUT2D eigenvalue weighted by molar-refractivity contribution is 0.538. The van der Waals surface area contributed by atoms with Crippen LogP contribution in [0.2, 0.25) is 0 Å². The van der Waals surface area contributed by atoms with Crippen LogP contribution < -0.4 is 4.72 Å². The lowest BCUT2D eigenvalue weighted by Crippen LogP contribution is -2.20. The molecule has 0 aliphatic carbocycles. The molecule has 0 fully saturated rings. The molecule has 0 aromatic carbocycles. The van der Waals surface area contributed by atoms with E-state index in [9.17, 15) is 12.3 Å². The van der Waals surface area contributed by atoms with Gasteiger partial charge in [0.1, 0.15) is 0 Å². The molecule has 0 atom stereocenters. The molecule has 50 valence electrons. The molecule has 0 amide bonds. The Bertz CT molecular complexity index is 144. The van der Waals surface area contributed by atoms with Crippen molar-refractivity contribution in [3.8, 4) is 0 Å². The fraction of sp³-hybridized carbons (Fsp3) is 1.00. The molecule has 0 unspecified atom stereocenters. The Balaban J connectivity index is 3.42. The highest BCUT2D eigenvalue weighted by atomic mass is 35.5. The molecule has 0 saturated heterocycles. The number of hydrogen-bond acceptors (Lipinski definition) is 2. The molecule has 0 aliphatic heterocycles. The van der Waals surface area contributed by atoms with Gasteiger partial charge < -0.3 is 0 Å². The summed E-state index contributed by atoms with van der Waals surface area (Å²) in [7, 11) is -4.52. The average Bonchev–Trinajstić information content (AvgIpc) is 1.59. The summed E-state index contributed by atoms with van der Waals surface area (Å²) in [6, 6.07) is 0. The molecule has 0 aromatic heterocycles. The van der Waals surface area contributed by atoms with Gasteiger partial charge in [0.25, 0.3) is 0 Å². The van der Waals surface area contributed by atoms with Crippen molar-refractivity contribution in [3.05, 3.63) is 0 Å². The molecule has 1 N–H and O–H groups in total. The first-order valence-corrected chi connectivity index (χ1v) is 3.73. The summed E-state index contributed by atoms with van der Waals surface area (Å²) in [6.07, 6.45) is 0. The topological polar surface area (TPSA) is 46.2 Å². The van der Waals surface area contributed by atoms with Crippen molar-refractivity contribution in [3.63, 3.8) is 0 Å². The Labute approximate surface area is 52.2 Å². The molecular formula is C2H5ClFNO2S. The van der Waals surface area contributed by atoms with Crippen LogP contribution in [0.4, 0.5) is 3.89 Å².